The van der Waals surface area contributed by atoms with Crippen LogP contribution >= 0.6 is 0 Å². The van der Waals surface area contributed by atoms with Crippen LogP contribution in [0.5, 0.6) is 0 Å². The molecule has 0 aliphatic heterocycles. The third-order valence-electron chi connectivity index (χ3n) is 2.85. The molecular formula is C15H24N2O3. The summed E-state index contributed by atoms with van der Waals surface area (Å²) in [4.78, 5) is 13.7. The highest BCUT2D eigenvalue weighted by atomic mass is 16.6. The van der Waals surface area contributed by atoms with Gasteiger partial charge in [-0.1, -0.05) is 13.3 Å². The number of unbranched alkanes of at least 4 members (excludes halogenated alkanes) is 1. The molecule has 0 aliphatic rings. The van der Waals surface area contributed by atoms with Crippen molar-refractivity contribution in [2.45, 2.75) is 19.8 Å². The van der Waals surface area contributed by atoms with Crippen LogP contribution in [0.15, 0.2) is 18.2 Å². The zero-order valence-electron chi connectivity index (χ0n) is 12.5. The Labute approximate surface area is 120 Å². The fourth-order valence-electron chi connectivity index (χ4n) is 1.71. The zero-order valence-corrected chi connectivity index (χ0v) is 12.5. The van der Waals surface area contributed by atoms with Gasteiger partial charge < -0.3 is 20.1 Å². The minimum Gasteiger partial charge on any atom is -0.460 e. The van der Waals surface area contributed by atoms with Gasteiger partial charge in [0.25, 0.3) is 0 Å². The third kappa shape index (κ3) is 5.09. The lowest BCUT2D eigenvalue weighted by Gasteiger charge is -2.15. The first kappa shape index (κ1) is 16.3. The van der Waals surface area contributed by atoms with E-state index in [1.807, 2.05) is 25.1 Å². The van der Waals surface area contributed by atoms with Crippen LogP contribution in [0.1, 0.15) is 30.1 Å². The van der Waals surface area contributed by atoms with Crippen molar-refractivity contribution in [3.8, 4) is 0 Å². The van der Waals surface area contributed by atoms with E-state index in [1.54, 1.807) is 12.1 Å². The lowest BCUT2D eigenvalue weighted by molar-refractivity contribution is 0.0314. The van der Waals surface area contributed by atoms with Gasteiger partial charge in [0.15, 0.2) is 0 Å². The van der Waals surface area contributed by atoms with E-state index in [9.17, 15) is 4.79 Å². The molecule has 0 atom stereocenters. The summed E-state index contributed by atoms with van der Waals surface area (Å²) >= 11 is 0. The third-order valence-corrected chi connectivity index (χ3v) is 2.85. The van der Waals surface area contributed by atoms with Gasteiger partial charge in [-0.3, -0.25) is 0 Å². The number of esters is 1. The summed E-state index contributed by atoms with van der Waals surface area (Å²) in [6, 6.07) is 5.16. The Balaban J connectivity index is 2.42. The van der Waals surface area contributed by atoms with Crippen molar-refractivity contribution in [3.05, 3.63) is 23.8 Å². The molecule has 20 heavy (non-hydrogen) atoms. The van der Waals surface area contributed by atoms with Crippen molar-refractivity contribution < 1.29 is 14.3 Å². The summed E-state index contributed by atoms with van der Waals surface area (Å²) in [5.41, 5.74) is 7.79. The Morgan fingerprint density at radius 3 is 2.60 bits per heavy atom. The Kier molecular flexibility index (Phi) is 6.87. The molecule has 0 unspecified atom stereocenters. The van der Waals surface area contributed by atoms with Crippen molar-refractivity contribution in [3.63, 3.8) is 0 Å². The maximum atomic E-state index is 11.8. The van der Waals surface area contributed by atoms with Crippen LogP contribution in [-0.2, 0) is 9.47 Å². The number of rotatable bonds is 8. The smallest absolute Gasteiger partial charge is 0.338 e. The minimum absolute atomic E-state index is 0.262. The van der Waals surface area contributed by atoms with E-state index in [0.29, 0.717) is 24.5 Å². The van der Waals surface area contributed by atoms with Crippen LogP contribution in [-0.4, -0.2) is 39.9 Å². The summed E-state index contributed by atoms with van der Waals surface area (Å²) in [6.45, 7) is 3.50. The highest BCUT2D eigenvalue weighted by Crippen LogP contribution is 2.22. The van der Waals surface area contributed by atoms with E-state index < -0.39 is 0 Å². The van der Waals surface area contributed by atoms with Crippen LogP contribution in [0.2, 0.25) is 0 Å². The monoisotopic (exact) mass is 280 g/mol. The molecule has 0 aliphatic carbocycles. The first-order valence-electron chi connectivity index (χ1n) is 6.88. The minimum atomic E-state index is -0.374. The average Bonchev–Trinajstić information content (AvgIpc) is 2.41. The molecule has 1 rings (SSSR count). The molecule has 112 valence electrons. The number of hydrogen-bond acceptors (Lipinski definition) is 5. The topological polar surface area (TPSA) is 64.8 Å². The van der Waals surface area contributed by atoms with E-state index >= 15 is 0 Å². The molecule has 1 aromatic rings. The van der Waals surface area contributed by atoms with Gasteiger partial charge in [-0.2, -0.15) is 0 Å². The summed E-state index contributed by atoms with van der Waals surface area (Å²) in [7, 11) is 3.80. The molecule has 0 aromatic heterocycles. The molecule has 0 saturated carbocycles. The maximum absolute atomic E-state index is 11.8. The number of nitrogens with two attached hydrogens (primary N) is 1. The second-order valence-corrected chi connectivity index (χ2v) is 4.77. The molecule has 2 N–H and O–H groups in total. The number of hydrogen-bond donors (Lipinski definition) is 1. The van der Waals surface area contributed by atoms with E-state index in [-0.39, 0.29) is 12.6 Å². The lowest BCUT2D eigenvalue weighted by atomic mass is 10.1. The number of benzene rings is 1. The van der Waals surface area contributed by atoms with Crippen LogP contribution in [0, 0.1) is 0 Å². The Morgan fingerprint density at radius 2 is 2.00 bits per heavy atom. The lowest BCUT2D eigenvalue weighted by Crippen LogP contribution is -2.14. The molecule has 0 spiro atoms. The predicted octanol–water partition coefficient (Wildman–Crippen LogP) is 2.31. The summed E-state index contributed by atoms with van der Waals surface area (Å²) in [6.07, 6.45) is 2.12. The number of anilines is 2. The van der Waals surface area contributed by atoms with E-state index in [4.69, 9.17) is 15.2 Å². The molecule has 5 nitrogen and oxygen atoms in total. The first-order chi connectivity index (χ1) is 9.56. The Morgan fingerprint density at radius 1 is 1.25 bits per heavy atom. The van der Waals surface area contributed by atoms with Crippen molar-refractivity contribution in [2.24, 2.45) is 0 Å². The van der Waals surface area contributed by atoms with Gasteiger partial charge in [-0.05, 0) is 24.6 Å². The van der Waals surface area contributed by atoms with Crippen molar-refractivity contribution in [2.75, 3.05) is 44.5 Å². The number of carbonyl (C=O) groups excluding carboxylic acids is 1. The molecule has 5 heteroatoms. The van der Waals surface area contributed by atoms with Gasteiger partial charge in [-0.25, -0.2) is 4.79 Å². The molecule has 0 amide bonds. The van der Waals surface area contributed by atoms with Gasteiger partial charge >= 0.3 is 5.97 Å². The number of nitrogens with zero attached hydrogens (tertiary/aromatic N) is 1. The molecule has 0 saturated heterocycles. The molecule has 1 aromatic carbocycles. The largest absolute Gasteiger partial charge is 0.460 e. The fraction of sp³-hybridized carbons (Fsp3) is 0.533. The quantitative estimate of drug-likeness (QED) is 0.450. The summed E-state index contributed by atoms with van der Waals surface area (Å²) in [5.74, 6) is -0.374. The molecule has 0 fully saturated rings. The molecule has 0 heterocycles. The Bertz CT molecular complexity index is 433. The normalized spacial score (nSPS) is 10.3. The van der Waals surface area contributed by atoms with Gasteiger partial charge in [0.05, 0.1) is 23.5 Å². The average molecular weight is 280 g/mol. The molecule has 0 radical (unpaired) electrons. The van der Waals surface area contributed by atoms with Gasteiger partial charge in [0.1, 0.15) is 6.61 Å². The SMILES string of the molecule is CCCCOCCOC(=O)c1ccc(N(C)C)c(N)c1. The maximum Gasteiger partial charge on any atom is 0.338 e. The predicted molar refractivity (Wildman–Crippen MR) is 81.2 cm³/mol. The van der Waals surface area contributed by atoms with E-state index in [1.165, 1.54) is 0 Å². The number of nitrogen functional groups attached to an aromatic ring is 1. The zero-order chi connectivity index (χ0) is 15.0. The van der Waals surface area contributed by atoms with Crippen LogP contribution in [0.4, 0.5) is 11.4 Å². The van der Waals surface area contributed by atoms with Crippen molar-refractivity contribution in [1.82, 2.24) is 0 Å². The molecular weight excluding hydrogens is 256 g/mol. The van der Waals surface area contributed by atoms with Gasteiger partial charge in [-0.15, -0.1) is 0 Å². The second-order valence-electron chi connectivity index (χ2n) is 4.77. The van der Waals surface area contributed by atoms with Crippen LogP contribution in [0.3, 0.4) is 0 Å². The highest BCUT2D eigenvalue weighted by molar-refractivity contribution is 5.92. The summed E-state index contributed by atoms with van der Waals surface area (Å²) in [5, 5.41) is 0. The standard InChI is InChI=1S/C15H24N2O3/c1-4-5-8-19-9-10-20-15(18)12-6-7-14(17(2)3)13(16)11-12/h6-7,11H,4-5,8-10,16H2,1-3H3. The Hall–Kier alpha value is -1.75. The van der Waals surface area contributed by atoms with Crippen molar-refractivity contribution in [1.29, 1.82) is 0 Å². The van der Waals surface area contributed by atoms with Crippen molar-refractivity contribution >= 4 is 17.3 Å². The number of ether oxygens (including phenoxy) is 2. The molecule has 0 bridgehead atoms. The van der Waals surface area contributed by atoms with Crippen LogP contribution in [0.25, 0.3) is 0 Å². The van der Waals surface area contributed by atoms with Gasteiger partial charge in [0.2, 0.25) is 0 Å². The summed E-state index contributed by atoms with van der Waals surface area (Å²) < 4.78 is 10.5. The van der Waals surface area contributed by atoms with Gasteiger partial charge in [0, 0.05) is 20.7 Å². The van der Waals surface area contributed by atoms with E-state index in [2.05, 4.69) is 6.92 Å². The van der Waals surface area contributed by atoms with Crippen LogP contribution < -0.4 is 10.6 Å². The highest BCUT2D eigenvalue weighted by Gasteiger charge is 2.10. The van der Waals surface area contributed by atoms with E-state index in [0.717, 1.165) is 18.5 Å². The first-order valence-corrected chi connectivity index (χ1v) is 6.88. The fourth-order valence-corrected chi connectivity index (χ4v) is 1.71. The second kappa shape index (κ2) is 8.43. The number of carbonyl (C=O) groups is 1.